The molecule has 0 spiro atoms. The van der Waals surface area contributed by atoms with Gasteiger partial charge in [-0.05, 0) is 38.5 Å². The van der Waals surface area contributed by atoms with Gasteiger partial charge < -0.3 is 9.47 Å². The third-order valence-electron chi connectivity index (χ3n) is 4.21. The van der Waals surface area contributed by atoms with Gasteiger partial charge in [0.15, 0.2) is 0 Å². The molecular weight excluding hydrogens is 266 g/mol. The molecule has 3 fully saturated rings. The van der Waals surface area contributed by atoms with E-state index in [1.165, 1.54) is 12.8 Å². The molecule has 5 nitrogen and oxygen atoms in total. The van der Waals surface area contributed by atoms with Gasteiger partial charge in [0, 0.05) is 19.7 Å². The largest absolute Gasteiger partial charge is 0.377 e. The number of sulfonamides is 1. The van der Waals surface area contributed by atoms with E-state index in [0.29, 0.717) is 25.6 Å². The Labute approximate surface area is 115 Å². The summed E-state index contributed by atoms with van der Waals surface area (Å²) in [5, 5.41) is 0. The van der Waals surface area contributed by atoms with Crippen LogP contribution in [-0.2, 0) is 19.5 Å². The quantitative estimate of drug-likeness (QED) is 0.774. The smallest absolute Gasteiger partial charge is 0.216 e. The fraction of sp³-hybridized carbons (Fsp3) is 1.00. The molecule has 0 aromatic carbocycles. The number of ether oxygens (including phenoxy) is 2. The summed E-state index contributed by atoms with van der Waals surface area (Å²) in [6, 6.07) is 0. The first-order valence-electron chi connectivity index (χ1n) is 7.29. The van der Waals surface area contributed by atoms with Crippen molar-refractivity contribution in [3.63, 3.8) is 0 Å². The highest BCUT2D eigenvalue weighted by molar-refractivity contribution is 7.89. The molecule has 2 aliphatic heterocycles. The predicted molar refractivity (Wildman–Crippen MR) is 71.4 cm³/mol. The SMILES string of the molecule is CC1CN(S(=O)(=O)CC2CCCO2)CC(C2CC2)O1. The summed E-state index contributed by atoms with van der Waals surface area (Å²) >= 11 is 0. The Balaban J connectivity index is 1.64. The molecule has 2 saturated heterocycles. The van der Waals surface area contributed by atoms with Gasteiger partial charge in [-0.15, -0.1) is 0 Å². The second-order valence-electron chi connectivity index (χ2n) is 6.05. The molecule has 19 heavy (non-hydrogen) atoms. The van der Waals surface area contributed by atoms with E-state index in [4.69, 9.17) is 9.47 Å². The van der Waals surface area contributed by atoms with Crippen LogP contribution >= 0.6 is 0 Å². The molecule has 0 bridgehead atoms. The summed E-state index contributed by atoms with van der Waals surface area (Å²) in [6.07, 6.45) is 4.19. The molecule has 0 aromatic rings. The minimum absolute atomic E-state index is 0.00128. The van der Waals surface area contributed by atoms with Crippen LogP contribution in [0.15, 0.2) is 0 Å². The minimum Gasteiger partial charge on any atom is -0.377 e. The lowest BCUT2D eigenvalue weighted by molar-refractivity contribution is -0.0639. The molecule has 3 atom stereocenters. The second kappa shape index (κ2) is 5.31. The zero-order valence-electron chi connectivity index (χ0n) is 11.5. The molecule has 0 amide bonds. The first-order valence-corrected chi connectivity index (χ1v) is 8.90. The zero-order chi connectivity index (χ0) is 13.5. The Kier molecular flexibility index (Phi) is 3.86. The van der Waals surface area contributed by atoms with Crippen LogP contribution in [-0.4, -0.2) is 56.5 Å². The fourth-order valence-electron chi connectivity index (χ4n) is 3.02. The van der Waals surface area contributed by atoms with Crippen LogP contribution in [0.1, 0.15) is 32.6 Å². The fourth-order valence-corrected chi connectivity index (χ4v) is 4.77. The highest BCUT2D eigenvalue weighted by Crippen LogP contribution is 2.37. The maximum atomic E-state index is 12.5. The van der Waals surface area contributed by atoms with E-state index in [0.717, 1.165) is 12.8 Å². The van der Waals surface area contributed by atoms with Crippen molar-refractivity contribution in [2.45, 2.75) is 50.9 Å². The van der Waals surface area contributed by atoms with Crippen molar-refractivity contribution in [3.05, 3.63) is 0 Å². The molecule has 1 aliphatic carbocycles. The van der Waals surface area contributed by atoms with Crippen LogP contribution in [0.4, 0.5) is 0 Å². The van der Waals surface area contributed by atoms with Crippen molar-refractivity contribution in [1.82, 2.24) is 4.31 Å². The molecule has 0 aromatic heterocycles. The number of rotatable bonds is 4. The molecule has 1 saturated carbocycles. The molecule has 110 valence electrons. The molecule has 3 unspecified atom stereocenters. The van der Waals surface area contributed by atoms with Crippen molar-refractivity contribution in [2.75, 3.05) is 25.4 Å². The van der Waals surface area contributed by atoms with Crippen molar-refractivity contribution < 1.29 is 17.9 Å². The molecule has 0 radical (unpaired) electrons. The lowest BCUT2D eigenvalue weighted by Gasteiger charge is -2.36. The first-order chi connectivity index (χ1) is 9.04. The molecule has 6 heteroatoms. The Bertz CT molecular complexity index is 414. The summed E-state index contributed by atoms with van der Waals surface area (Å²) in [5.41, 5.74) is 0. The molecule has 2 heterocycles. The Morgan fingerprint density at radius 2 is 2.00 bits per heavy atom. The minimum atomic E-state index is -3.21. The zero-order valence-corrected chi connectivity index (χ0v) is 12.3. The first kappa shape index (κ1) is 13.8. The van der Waals surface area contributed by atoms with E-state index in [1.54, 1.807) is 4.31 Å². The van der Waals surface area contributed by atoms with Crippen molar-refractivity contribution in [2.24, 2.45) is 5.92 Å². The maximum Gasteiger partial charge on any atom is 0.216 e. The topological polar surface area (TPSA) is 55.8 Å². The lowest BCUT2D eigenvalue weighted by atomic mass is 10.2. The number of morpholine rings is 1. The number of nitrogens with zero attached hydrogens (tertiary/aromatic N) is 1. The van der Waals surface area contributed by atoms with Gasteiger partial charge in [0.2, 0.25) is 10.0 Å². The summed E-state index contributed by atoms with van der Waals surface area (Å²) in [4.78, 5) is 0. The number of hydrogen-bond donors (Lipinski definition) is 0. The normalized spacial score (nSPS) is 37.6. The standard InChI is InChI=1S/C13H23NO4S/c1-10-7-14(8-13(18-10)11-4-5-11)19(15,16)9-12-3-2-6-17-12/h10-13H,2-9H2,1H3. The monoisotopic (exact) mass is 289 g/mol. The number of hydrogen-bond acceptors (Lipinski definition) is 4. The van der Waals surface area contributed by atoms with E-state index < -0.39 is 10.0 Å². The van der Waals surface area contributed by atoms with Crippen LogP contribution in [0.3, 0.4) is 0 Å². The van der Waals surface area contributed by atoms with Gasteiger partial charge in [-0.25, -0.2) is 8.42 Å². The van der Waals surface area contributed by atoms with Crippen LogP contribution in [0.25, 0.3) is 0 Å². The van der Waals surface area contributed by atoms with Crippen LogP contribution in [0, 0.1) is 5.92 Å². The Hall–Kier alpha value is -0.170. The van der Waals surface area contributed by atoms with Gasteiger partial charge in [0.1, 0.15) is 0 Å². The van der Waals surface area contributed by atoms with E-state index in [-0.39, 0.29) is 24.1 Å². The summed E-state index contributed by atoms with van der Waals surface area (Å²) in [6.45, 7) is 3.68. The van der Waals surface area contributed by atoms with Crippen LogP contribution in [0.5, 0.6) is 0 Å². The van der Waals surface area contributed by atoms with Gasteiger partial charge in [0.25, 0.3) is 0 Å². The third kappa shape index (κ3) is 3.29. The second-order valence-corrected chi connectivity index (χ2v) is 8.07. The third-order valence-corrected chi connectivity index (χ3v) is 6.09. The van der Waals surface area contributed by atoms with Crippen LogP contribution in [0.2, 0.25) is 0 Å². The van der Waals surface area contributed by atoms with E-state index in [1.807, 2.05) is 6.92 Å². The molecule has 0 N–H and O–H groups in total. The Morgan fingerprint density at radius 1 is 1.21 bits per heavy atom. The summed E-state index contributed by atoms with van der Waals surface area (Å²) in [7, 11) is -3.21. The van der Waals surface area contributed by atoms with Gasteiger partial charge in [-0.2, -0.15) is 4.31 Å². The van der Waals surface area contributed by atoms with Crippen molar-refractivity contribution >= 4 is 10.0 Å². The lowest BCUT2D eigenvalue weighted by Crippen LogP contribution is -2.51. The van der Waals surface area contributed by atoms with E-state index in [9.17, 15) is 8.42 Å². The summed E-state index contributed by atoms with van der Waals surface area (Å²) in [5.74, 6) is 0.708. The van der Waals surface area contributed by atoms with Gasteiger partial charge in [-0.1, -0.05) is 0 Å². The van der Waals surface area contributed by atoms with Crippen molar-refractivity contribution in [1.29, 1.82) is 0 Å². The van der Waals surface area contributed by atoms with Crippen molar-refractivity contribution in [3.8, 4) is 0 Å². The van der Waals surface area contributed by atoms with E-state index >= 15 is 0 Å². The van der Waals surface area contributed by atoms with Crippen LogP contribution < -0.4 is 0 Å². The summed E-state index contributed by atoms with van der Waals surface area (Å²) < 4.78 is 37.9. The Morgan fingerprint density at radius 3 is 2.63 bits per heavy atom. The van der Waals surface area contributed by atoms with E-state index in [2.05, 4.69) is 0 Å². The van der Waals surface area contributed by atoms with Gasteiger partial charge in [-0.3, -0.25) is 0 Å². The molecular formula is C13H23NO4S. The van der Waals surface area contributed by atoms with Gasteiger partial charge >= 0.3 is 0 Å². The maximum absolute atomic E-state index is 12.5. The molecule has 3 aliphatic rings. The highest BCUT2D eigenvalue weighted by atomic mass is 32.2. The predicted octanol–water partition coefficient (Wildman–Crippen LogP) is 0.994. The molecule has 3 rings (SSSR count). The highest BCUT2D eigenvalue weighted by Gasteiger charge is 2.41. The average molecular weight is 289 g/mol. The average Bonchev–Trinajstić information content (AvgIpc) is 3.08. The van der Waals surface area contributed by atoms with Gasteiger partial charge in [0.05, 0.1) is 24.1 Å².